The molecule has 2 amide bonds. The summed E-state index contributed by atoms with van der Waals surface area (Å²) in [5, 5.41) is 2.80. The summed E-state index contributed by atoms with van der Waals surface area (Å²) in [6.45, 7) is 5.87. The molecule has 1 N–H and O–H groups in total. The van der Waals surface area contributed by atoms with Crippen LogP contribution in [0.3, 0.4) is 0 Å². The van der Waals surface area contributed by atoms with Gasteiger partial charge in [-0.25, -0.2) is 13.2 Å². The van der Waals surface area contributed by atoms with E-state index in [-0.39, 0.29) is 17.8 Å². The molecular formula is C16H26N2O4S. The highest BCUT2D eigenvalue weighted by molar-refractivity contribution is 7.90. The van der Waals surface area contributed by atoms with Gasteiger partial charge >= 0.3 is 6.03 Å². The van der Waals surface area contributed by atoms with Crippen molar-refractivity contribution in [3.8, 4) is 5.75 Å². The van der Waals surface area contributed by atoms with Crippen molar-refractivity contribution < 1.29 is 17.9 Å². The van der Waals surface area contributed by atoms with Crippen LogP contribution in [0.1, 0.15) is 19.4 Å². The van der Waals surface area contributed by atoms with Crippen molar-refractivity contribution in [3.05, 3.63) is 29.8 Å². The largest absolute Gasteiger partial charge is 0.491 e. The third kappa shape index (κ3) is 7.36. The molecule has 7 heteroatoms. The predicted molar refractivity (Wildman–Crippen MR) is 91.6 cm³/mol. The molecule has 1 aromatic rings. The number of hydrogen-bond acceptors (Lipinski definition) is 4. The minimum absolute atomic E-state index is 0.0643. The number of urea groups is 1. The van der Waals surface area contributed by atoms with E-state index in [9.17, 15) is 13.2 Å². The molecule has 6 nitrogen and oxygen atoms in total. The summed E-state index contributed by atoms with van der Waals surface area (Å²) in [6.07, 6.45) is 1.16. The van der Waals surface area contributed by atoms with Crippen LogP contribution in [-0.4, -0.2) is 57.1 Å². The number of nitrogens with zero attached hydrogens (tertiary/aromatic N) is 1. The summed E-state index contributed by atoms with van der Waals surface area (Å²) in [4.78, 5) is 13.5. The molecule has 0 bridgehead atoms. The fourth-order valence-corrected chi connectivity index (χ4v) is 3.06. The third-order valence-electron chi connectivity index (χ3n) is 3.42. The molecule has 2 atom stereocenters. The van der Waals surface area contributed by atoms with Gasteiger partial charge in [-0.05, 0) is 32.9 Å². The zero-order valence-corrected chi connectivity index (χ0v) is 15.2. The molecule has 0 saturated heterocycles. The fraction of sp³-hybridized carbons (Fsp3) is 0.562. The summed E-state index contributed by atoms with van der Waals surface area (Å²) in [7, 11) is -1.54. The zero-order valence-electron chi connectivity index (χ0n) is 14.4. The molecule has 1 rings (SSSR count). The van der Waals surface area contributed by atoms with Gasteiger partial charge in [0, 0.05) is 19.3 Å². The first-order valence-corrected chi connectivity index (χ1v) is 9.55. The van der Waals surface area contributed by atoms with Gasteiger partial charge in [0.15, 0.2) is 0 Å². The van der Waals surface area contributed by atoms with Gasteiger partial charge in [0.05, 0.1) is 11.8 Å². The lowest BCUT2D eigenvalue weighted by Crippen LogP contribution is -2.48. The van der Waals surface area contributed by atoms with Crippen LogP contribution in [0, 0.1) is 6.92 Å². The van der Waals surface area contributed by atoms with E-state index < -0.39 is 15.9 Å². The third-order valence-corrected chi connectivity index (χ3v) is 4.50. The van der Waals surface area contributed by atoms with E-state index in [1.54, 1.807) is 14.0 Å². The number of carbonyl (C=O) groups excluding carboxylic acids is 1. The molecule has 0 unspecified atom stereocenters. The van der Waals surface area contributed by atoms with Gasteiger partial charge in [0.25, 0.3) is 0 Å². The molecule has 0 fully saturated rings. The second-order valence-electron chi connectivity index (χ2n) is 6.03. The first kappa shape index (κ1) is 19.3. The molecule has 0 spiro atoms. The maximum Gasteiger partial charge on any atom is 0.317 e. The highest BCUT2D eigenvalue weighted by atomic mass is 32.2. The van der Waals surface area contributed by atoms with E-state index in [1.165, 1.54) is 4.90 Å². The Balaban J connectivity index is 2.44. The average molecular weight is 342 g/mol. The Morgan fingerprint density at radius 1 is 1.26 bits per heavy atom. The molecule has 23 heavy (non-hydrogen) atoms. The van der Waals surface area contributed by atoms with Gasteiger partial charge in [-0.2, -0.15) is 0 Å². The quantitative estimate of drug-likeness (QED) is 0.820. The molecule has 0 aliphatic heterocycles. The van der Waals surface area contributed by atoms with Gasteiger partial charge in [-0.3, -0.25) is 0 Å². The number of carbonyl (C=O) groups is 1. The summed E-state index contributed by atoms with van der Waals surface area (Å²) < 4.78 is 28.2. The van der Waals surface area contributed by atoms with Gasteiger partial charge < -0.3 is 15.0 Å². The summed E-state index contributed by atoms with van der Waals surface area (Å²) in [5.74, 6) is 0.682. The highest BCUT2D eigenvalue weighted by Gasteiger charge is 2.20. The normalized spacial score (nSPS) is 14.0. The molecule has 0 aliphatic carbocycles. The van der Waals surface area contributed by atoms with Crippen LogP contribution in [-0.2, 0) is 9.84 Å². The Morgan fingerprint density at radius 2 is 1.83 bits per heavy atom. The Morgan fingerprint density at radius 3 is 2.35 bits per heavy atom. The molecule has 0 radical (unpaired) electrons. The maximum atomic E-state index is 12.1. The zero-order chi connectivity index (χ0) is 17.6. The second kappa shape index (κ2) is 8.19. The van der Waals surface area contributed by atoms with Gasteiger partial charge in [0.1, 0.15) is 22.2 Å². The summed E-state index contributed by atoms with van der Waals surface area (Å²) >= 11 is 0. The van der Waals surface area contributed by atoms with Crippen molar-refractivity contribution in [3.63, 3.8) is 0 Å². The molecule has 130 valence electrons. The number of sulfone groups is 1. The molecule has 1 aromatic carbocycles. The van der Waals surface area contributed by atoms with Crippen LogP contribution in [0.5, 0.6) is 5.75 Å². The number of aryl methyl sites for hydroxylation is 1. The topological polar surface area (TPSA) is 75.7 Å². The minimum atomic E-state index is -3.13. The Hall–Kier alpha value is -1.76. The van der Waals surface area contributed by atoms with Crippen LogP contribution in [0.2, 0.25) is 0 Å². The Labute approximate surface area is 138 Å². The lowest BCUT2D eigenvalue weighted by molar-refractivity contribution is 0.187. The van der Waals surface area contributed by atoms with Crippen LogP contribution < -0.4 is 10.1 Å². The average Bonchev–Trinajstić information content (AvgIpc) is 2.44. The van der Waals surface area contributed by atoms with Crippen molar-refractivity contribution in [2.75, 3.05) is 25.7 Å². The van der Waals surface area contributed by atoms with Crippen LogP contribution in [0.15, 0.2) is 24.3 Å². The fourth-order valence-electron chi connectivity index (χ4n) is 1.96. The van der Waals surface area contributed by atoms with E-state index in [4.69, 9.17) is 4.74 Å². The van der Waals surface area contributed by atoms with E-state index in [2.05, 4.69) is 5.32 Å². The van der Waals surface area contributed by atoms with Crippen molar-refractivity contribution in [1.82, 2.24) is 10.2 Å². The Kier molecular flexibility index (Phi) is 6.87. The van der Waals surface area contributed by atoms with E-state index >= 15 is 0 Å². The van der Waals surface area contributed by atoms with E-state index in [0.717, 1.165) is 17.6 Å². The van der Waals surface area contributed by atoms with Crippen LogP contribution in [0.4, 0.5) is 4.79 Å². The second-order valence-corrected chi connectivity index (χ2v) is 8.21. The maximum absolute atomic E-state index is 12.1. The number of hydrogen-bond donors (Lipinski definition) is 1. The lowest BCUT2D eigenvalue weighted by atomic mass is 10.2. The van der Waals surface area contributed by atoms with E-state index in [1.807, 2.05) is 38.1 Å². The SMILES string of the molecule is Cc1ccc(OC[C@H](C)NC(=O)N(C)[C@H](C)CS(C)(=O)=O)cc1. The summed E-state index contributed by atoms with van der Waals surface area (Å²) in [6, 6.07) is 6.76. The molecule has 0 aromatic heterocycles. The number of ether oxygens (including phenoxy) is 1. The first-order valence-electron chi connectivity index (χ1n) is 7.49. The van der Waals surface area contributed by atoms with Crippen LogP contribution in [0.25, 0.3) is 0 Å². The predicted octanol–water partition coefficient (Wildman–Crippen LogP) is 1.84. The molecule has 0 aliphatic rings. The number of benzene rings is 1. The number of amides is 2. The monoisotopic (exact) mass is 342 g/mol. The van der Waals surface area contributed by atoms with Gasteiger partial charge in [-0.1, -0.05) is 17.7 Å². The number of nitrogens with one attached hydrogen (secondary N) is 1. The summed E-state index contributed by atoms with van der Waals surface area (Å²) in [5.41, 5.74) is 1.15. The van der Waals surface area contributed by atoms with Crippen LogP contribution >= 0.6 is 0 Å². The minimum Gasteiger partial charge on any atom is -0.491 e. The van der Waals surface area contributed by atoms with E-state index in [0.29, 0.717) is 6.61 Å². The molecule has 0 saturated carbocycles. The van der Waals surface area contributed by atoms with Crippen molar-refractivity contribution >= 4 is 15.9 Å². The van der Waals surface area contributed by atoms with Crippen molar-refractivity contribution in [2.45, 2.75) is 32.9 Å². The van der Waals surface area contributed by atoms with Gasteiger partial charge in [0.2, 0.25) is 0 Å². The molecular weight excluding hydrogens is 316 g/mol. The molecule has 0 heterocycles. The van der Waals surface area contributed by atoms with Crippen molar-refractivity contribution in [1.29, 1.82) is 0 Å². The van der Waals surface area contributed by atoms with Crippen molar-refractivity contribution in [2.24, 2.45) is 0 Å². The smallest absolute Gasteiger partial charge is 0.317 e. The highest BCUT2D eigenvalue weighted by Crippen LogP contribution is 2.11. The Bertz CT molecular complexity index is 613. The number of rotatable bonds is 7. The standard InChI is InChI=1S/C16H26N2O4S/c1-12-6-8-15(9-7-12)22-10-13(2)17-16(19)18(4)14(3)11-23(5,20)21/h6-9,13-14H,10-11H2,1-5H3,(H,17,19)/t13-,14+/m0/s1. The first-order chi connectivity index (χ1) is 10.6. The lowest BCUT2D eigenvalue weighted by Gasteiger charge is -2.26. The van der Waals surface area contributed by atoms with Gasteiger partial charge in [-0.15, -0.1) is 0 Å².